The zero-order valence-electron chi connectivity index (χ0n) is 12.4. The molecule has 23 heavy (non-hydrogen) atoms. The fourth-order valence-electron chi connectivity index (χ4n) is 3.06. The van der Waals surface area contributed by atoms with Crippen LogP contribution in [-0.2, 0) is 0 Å². The first-order valence-electron chi connectivity index (χ1n) is 7.12. The smallest absolute Gasteiger partial charge is 0.151 e. The number of hydrogen-bond donors (Lipinski definition) is 4. The molecular formula is C16H18N4S3. The molecule has 4 nitrogen and oxygen atoms in total. The molecule has 2 unspecified atom stereocenters. The first kappa shape index (κ1) is 16.5. The molecule has 2 atom stereocenters. The summed E-state index contributed by atoms with van der Waals surface area (Å²) in [7, 11) is 0. The largest absolute Gasteiger partial charge is 0.379 e. The highest BCUT2D eigenvalue weighted by atomic mass is 32.2. The number of amidine groups is 2. The topological polar surface area (TPSA) is 99.7 Å². The van der Waals surface area contributed by atoms with Gasteiger partial charge in [0.05, 0.1) is 5.41 Å². The molecule has 0 saturated carbocycles. The van der Waals surface area contributed by atoms with Gasteiger partial charge in [0.1, 0.15) is 0 Å². The van der Waals surface area contributed by atoms with E-state index in [0.29, 0.717) is 5.75 Å². The van der Waals surface area contributed by atoms with E-state index in [0.717, 1.165) is 5.75 Å². The molecule has 0 saturated heterocycles. The van der Waals surface area contributed by atoms with Gasteiger partial charge in [0.15, 0.2) is 10.3 Å². The summed E-state index contributed by atoms with van der Waals surface area (Å²) < 4.78 is 0. The quantitative estimate of drug-likeness (QED) is 0.453. The summed E-state index contributed by atoms with van der Waals surface area (Å²) in [5.74, 6) is 1.74. The minimum absolute atomic E-state index is 0.141. The van der Waals surface area contributed by atoms with Crippen LogP contribution >= 0.6 is 35.3 Å². The van der Waals surface area contributed by atoms with Gasteiger partial charge >= 0.3 is 0 Å². The molecular weight excluding hydrogens is 344 g/mol. The third-order valence-electron chi connectivity index (χ3n) is 4.08. The minimum atomic E-state index is -0.150. The molecule has 3 aliphatic rings. The van der Waals surface area contributed by atoms with Crippen molar-refractivity contribution in [3.05, 3.63) is 57.9 Å². The highest BCUT2D eigenvalue weighted by Crippen LogP contribution is 2.59. The van der Waals surface area contributed by atoms with Crippen LogP contribution in [0.1, 0.15) is 0 Å². The Morgan fingerprint density at radius 1 is 1.22 bits per heavy atom. The lowest BCUT2D eigenvalue weighted by molar-refractivity contribution is 0.455. The van der Waals surface area contributed by atoms with E-state index in [1.807, 2.05) is 0 Å². The number of thioether (sulfide) groups is 3. The summed E-state index contributed by atoms with van der Waals surface area (Å²) in [6.07, 6.45) is 13.1. The van der Waals surface area contributed by atoms with E-state index in [9.17, 15) is 0 Å². The van der Waals surface area contributed by atoms with E-state index in [2.05, 4.69) is 41.9 Å². The van der Waals surface area contributed by atoms with Crippen molar-refractivity contribution in [1.29, 1.82) is 10.8 Å². The van der Waals surface area contributed by atoms with Crippen molar-refractivity contribution in [3.8, 4) is 0 Å². The standard InChI is InChI=1S/C16H18N4S3/c17-14(18)22-7-10-4-5-12-8-21-13-3-1-2-11(9-23-15(19)20)16(12,13)6-10/h1-6,8,11H,7,9H2,(H3,17,18)(H3,19,20). The van der Waals surface area contributed by atoms with Gasteiger partial charge in [-0.1, -0.05) is 60.0 Å². The maximum Gasteiger partial charge on any atom is 0.151 e. The van der Waals surface area contributed by atoms with Crippen molar-refractivity contribution in [3.63, 3.8) is 0 Å². The van der Waals surface area contributed by atoms with Gasteiger partial charge in [0, 0.05) is 22.3 Å². The first-order chi connectivity index (χ1) is 11.0. The second-order valence-corrected chi connectivity index (χ2v) is 8.45. The lowest BCUT2D eigenvalue weighted by Crippen LogP contribution is -2.33. The van der Waals surface area contributed by atoms with Crippen LogP contribution in [0.4, 0.5) is 0 Å². The Kier molecular flexibility index (Phi) is 4.79. The van der Waals surface area contributed by atoms with Gasteiger partial charge in [-0.25, -0.2) is 0 Å². The second-order valence-electron chi connectivity index (χ2n) is 5.46. The molecule has 2 aliphatic carbocycles. The van der Waals surface area contributed by atoms with Crippen LogP contribution in [0, 0.1) is 22.2 Å². The molecule has 0 radical (unpaired) electrons. The molecule has 3 rings (SSSR count). The average molecular weight is 363 g/mol. The van der Waals surface area contributed by atoms with Gasteiger partial charge in [-0.15, -0.1) is 11.8 Å². The Hall–Kier alpha value is -1.31. The average Bonchev–Trinajstić information content (AvgIpc) is 2.89. The Morgan fingerprint density at radius 2 is 2.00 bits per heavy atom. The van der Waals surface area contributed by atoms with Crippen molar-refractivity contribution in [2.24, 2.45) is 22.8 Å². The van der Waals surface area contributed by atoms with E-state index >= 15 is 0 Å². The van der Waals surface area contributed by atoms with Gasteiger partial charge in [0.25, 0.3) is 0 Å². The number of rotatable bonds is 4. The maximum atomic E-state index is 7.50. The molecule has 1 heterocycles. The van der Waals surface area contributed by atoms with Crippen molar-refractivity contribution in [1.82, 2.24) is 0 Å². The summed E-state index contributed by atoms with van der Waals surface area (Å²) in [4.78, 5) is 1.32. The third kappa shape index (κ3) is 3.18. The summed E-state index contributed by atoms with van der Waals surface area (Å²) in [5, 5.41) is 17.4. The van der Waals surface area contributed by atoms with Crippen molar-refractivity contribution < 1.29 is 0 Å². The van der Waals surface area contributed by atoms with Crippen LogP contribution < -0.4 is 11.5 Å². The number of hydrogen-bond acceptors (Lipinski definition) is 5. The lowest BCUT2D eigenvalue weighted by Gasteiger charge is -2.40. The van der Waals surface area contributed by atoms with E-state index in [-0.39, 0.29) is 21.7 Å². The van der Waals surface area contributed by atoms with Gasteiger partial charge in [-0.2, -0.15) is 0 Å². The number of nitrogens with one attached hydrogen (secondary N) is 2. The van der Waals surface area contributed by atoms with Crippen LogP contribution in [0.15, 0.2) is 57.9 Å². The van der Waals surface area contributed by atoms with Crippen molar-refractivity contribution >= 4 is 45.6 Å². The molecule has 1 spiro atoms. The maximum absolute atomic E-state index is 7.50. The highest BCUT2D eigenvalue weighted by molar-refractivity contribution is 8.14. The van der Waals surface area contributed by atoms with Gasteiger partial charge in [-0.3, -0.25) is 10.8 Å². The van der Waals surface area contributed by atoms with Crippen molar-refractivity contribution in [2.45, 2.75) is 0 Å². The lowest BCUT2D eigenvalue weighted by atomic mass is 9.66. The predicted octanol–water partition coefficient (Wildman–Crippen LogP) is 3.42. The van der Waals surface area contributed by atoms with Gasteiger partial charge < -0.3 is 11.5 Å². The Labute approximate surface area is 148 Å². The molecule has 0 aromatic heterocycles. The van der Waals surface area contributed by atoms with Crippen LogP contribution in [-0.4, -0.2) is 21.8 Å². The molecule has 0 amide bonds. The Morgan fingerprint density at radius 3 is 2.74 bits per heavy atom. The van der Waals surface area contributed by atoms with Crippen LogP contribution in [0.2, 0.25) is 0 Å². The Balaban J connectivity index is 1.92. The number of nitrogens with two attached hydrogens (primary N) is 2. The molecule has 7 heteroatoms. The minimum Gasteiger partial charge on any atom is -0.379 e. The zero-order valence-corrected chi connectivity index (χ0v) is 14.9. The molecule has 0 fully saturated rings. The summed E-state index contributed by atoms with van der Waals surface area (Å²) in [6, 6.07) is 0. The normalized spacial score (nSPS) is 27.7. The summed E-state index contributed by atoms with van der Waals surface area (Å²) in [5.41, 5.74) is 13.3. The van der Waals surface area contributed by atoms with Crippen LogP contribution in [0.3, 0.4) is 0 Å². The fraction of sp³-hybridized carbons (Fsp3) is 0.250. The van der Waals surface area contributed by atoms with Gasteiger partial charge in [0.2, 0.25) is 0 Å². The monoisotopic (exact) mass is 362 g/mol. The molecule has 1 aliphatic heterocycles. The van der Waals surface area contributed by atoms with E-state index < -0.39 is 0 Å². The molecule has 0 bridgehead atoms. The zero-order chi connectivity index (χ0) is 16.4. The van der Waals surface area contributed by atoms with E-state index in [4.69, 9.17) is 22.3 Å². The van der Waals surface area contributed by atoms with E-state index in [1.54, 1.807) is 11.8 Å². The Bertz CT molecular complexity index is 702. The summed E-state index contributed by atoms with van der Waals surface area (Å²) in [6.45, 7) is 0. The van der Waals surface area contributed by atoms with Gasteiger partial charge in [-0.05, 0) is 16.6 Å². The number of allylic oxidation sites excluding steroid dienone is 8. The second kappa shape index (κ2) is 6.67. The van der Waals surface area contributed by atoms with Crippen LogP contribution in [0.5, 0.6) is 0 Å². The molecule has 0 aromatic carbocycles. The SMILES string of the molecule is N=C(N)SCC1=CC23C(=CSC2=CC=CC3CSC(=N)N)C=C1. The highest BCUT2D eigenvalue weighted by Gasteiger charge is 2.47. The van der Waals surface area contributed by atoms with Crippen LogP contribution in [0.25, 0.3) is 0 Å². The predicted molar refractivity (Wildman–Crippen MR) is 105 cm³/mol. The van der Waals surface area contributed by atoms with E-state index in [1.165, 1.54) is 39.6 Å². The summed E-state index contributed by atoms with van der Waals surface area (Å²) >= 11 is 4.51. The third-order valence-corrected chi connectivity index (χ3v) is 6.80. The molecule has 0 aromatic rings. The first-order valence-corrected chi connectivity index (χ1v) is 9.97. The molecule has 6 N–H and O–H groups in total. The van der Waals surface area contributed by atoms with Crippen molar-refractivity contribution in [2.75, 3.05) is 11.5 Å². The molecule has 120 valence electrons. The fourth-order valence-corrected chi connectivity index (χ4v) is 5.50.